The van der Waals surface area contributed by atoms with E-state index in [-0.39, 0.29) is 23.6 Å². The molecule has 3 rings (SSSR count). The van der Waals surface area contributed by atoms with Gasteiger partial charge in [-0.3, -0.25) is 4.79 Å². The van der Waals surface area contributed by atoms with Crippen LogP contribution in [-0.4, -0.2) is 39.2 Å². The molecular weight excluding hydrogens is 304 g/mol. The van der Waals surface area contributed by atoms with Crippen LogP contribution in [0, 0.1) is 12.3 Å². The minimum atomic E-state index is -0.273. The fraction of sp³-hybridized carbons (Fsp3) is 0.400. The number of rotatable bonds is 5. The second-order valence-corrected chi connectivity index (χ2v) is 6.18. The first-order chi connectivity index (χ1) is 10.5. The van der Waals surface area contributed by atoms with Crippen LogP contribution in [-0.2, 0) is 0 Å². The van der Waals surface area contributed by atoms with Gasteiger partial charge in [-0.15, -0.1) is 5.10 Å². The summed E-state index contributed by atoms with van der Waals surface area (Å²) in [6.45, 7) is 2.30. The molecule has 0 unspecified atom stereocenters. The third kappa shape index (κ3) is 2.98. The van der Waals surface area contributed by atoms with Crippen LogP contribution >= 0.6 is 11.6 Å². The summed E-state index contributed by atoms with van der Waals surface area (Å²) in [6.07, 6.45) is 1.88. The third-order valence-corrected chi connectivity index (χ3v) is 4.19. The van der Waals surface area contributed by atoms with E-state index < -0.39 is 0 Å². The number of nitrogens with one attached hydrogen (secondary N) is 1. The molecule has 0 radical (unpaired) electrons. The summed E-state index contributed by atoms with van der Waals surface area (Å²) in [5.41, 5.74) is 1.40. The summed E-state index contributed by atoms with van der Waals surface area (Å²) >= 11 is 5.95. The minimum absolute atomic E-state index is 0.0987. The Morgan fingerprint density at radius 2 is 2.23 bits per heavy atom. The van der Waals surface area contributed by atoms with Gasteiger partial charge >= 0.3 is 0 Å². The van der Waals surface area contributed by atoms with Crippen molar-refractivity contribution in [3.05, 3.63) is 40.7 Å². The monoisotopic (exact) mass is 320 g/mol. The van der Waals surface area contributed by atoms with Crippen LogP contribution in [0.5, 0.6) is 0 Å². The normalized spacial score (nSPS) is 15.6. The van der Waals surface area contributed by atoms with E-state index in [9.17, 15) is 9.90 Å². The molecular formula is C15H17ClN4O2. The zero-order valence-corrected chi connectivity index (χ0v) is 13.0. The van der Waals surface area contributed by atoms with Crippen LogP contribution < -0.4 is 5.32 Å². The van der Waals surface area contributed by atoms with Crippen molar-refractivity contribution < 1.29 is 9.90 Å². The molecule has 0 aliphatic heterocycles. The fourth-order valence-electron chi connectivity index (χ4n) is 2.22. The topological polar surface area (TPSA) is 80.0 Å². The molecule has 1 saturated carbocycles. The lowest BCUT2D eigenvalue weighted by molar-refractivity contribution is 0.0929. The van der Waals surface area contributed by atoms with Gasteiger partial charge in [-0.1, -0.05) is 17.7 Å². The summed E-state index contributed by atoms with van der Waals surface area (Å²) in [4.78, 5) is 13.6. The Kier molecular flexibility index (Phi) is 3.88. The summed E-state index contributed by atoms with van der Waals surface area (Å²) in [5, 5.41) is 21.2. The predicted octanol–water partition coefficient (Wildman–Crippen LogP) is 1.73. The van der Waals surface area contributed by atoms with Gasteiger partial charge < -0.3 is 10.4 Å². The molecule has 7 heteroatoms. The highest BCUT2D eigenvalue weighted by molar-refractivity contribution is 6.30. The molecule has 0 saturated heterocycles. The first-order valence-corrected chi connectivity index (χ1v) is 7.50. The molecule has 2 N–H and O–H groups in total. The van der Waals surface area contributed by atoms with Crippen molar-refractivity contribution in [2.24, 2.45) is 5.41 Å². The lowest BCUT2D eigenvalue weighted by Crippen LogP contribution is -2.32. The standard InChI is InChI=1S/C15H17ClN4O2/c1-10-13(14(22)17-8-15(9-21)5-6-15)19-20(18-10)12-4-2-3-11(16)7-12/h2-4,7,21H,5-6,8-9H2,1H3,(H,17,22). The summed E-state index contributed by atoms with van der Waals surface area (Å²) < 4.78 is 0. The van der Waals surface area contributed by atoms with E-state index in [1.54, 1.807) is 25.1 Å². The smallest absolute Gasteiger partial charge is 0.273 e. The number of hydrogen-bond donors (Lipinski definition) is 2. The molecule has 116 valence electrons. The van der Waals surface area contributed by atoms with Gasteiger partial charge in [0.1, 0.15) is 0 Å². The van der Waals surface area contributed by atoms with E-state index in [1.165, 1.54) is 4.80 Å². The van der Waals surface area contributed by atoms with E-state index >= 15 is 0 Å². The molecule has 2 aromatic rings. The predicted molar refractivity (Wildman–Crippen MR) is 82.2 cm³/mol. The maximum Gasteiger partial charge on any atom is 0.273 e. The summed E-state index contributed by atoms with van der Waals surface area (Å²) in [5.74, 6) is -0.273. The maximum atomic E-state index is 12.2. The number of benzene rings is 1. The maximum absolute atomic E-state index is 12.2. The van der Waals surface area contributed by atoms with Gasteiger partial charge in [-0.05, 0) is 38.0 Å². The molecule has 0 atom stereocenters. The quantitative estimate of drug-likeness (QED) is 0.879. The first kappa shape index (κ1) is 15.0. The van der Waals surface area contributed by atoms with Crippen molar-refractivity contribution >= 4 is 17.5 Å². The lowest BCUT2D eigenvalue weighted by atomic mass is 10.1. The molecule has 0 spiro atoms. The number of aryl methyl sites for hydroxylation is 1. The van der Waals surface area contributed by atoms with Crippen LogP contribution in [0.3, 0.4) is 0 Å². The number of halogens is 1. The number of amides is 1. The molecule has 1 heterocycles. The van der Waals surface area contributed by atoms with Gasteiger partial charge in [0.05, 0.1) is 18.0 Å². The van der Waals surface area contributed by atoms with Crippen molar-refractivity contribution in [3.8, 4) is 5.69 Å². The van der Waals surface area contributed by atoms with Gasteiger partial charge in [0.15, 0.2) is 5.69 Å². The highest BCUT2D eigenvalue weighted by Crippen LogP contribution is 2.44. The van der Waals surface area contributed by atoms with Gasteiger partial charge in [-0.2, -0.15) is 9.90 Å². The second-order valence-electron chi connectivity index (χ2n) is 5.74. The highest BCUT2D eigenvalue weighted by Gasteiger charge is 2.42. The van der Waals surface area contributed by atoms with Gasteiger partial charge in [-0.25, -0.2) is 0 Å². The van der Waals surface area contributed by atoms with Crippen molar-refractivity contribution in [2.75, 3.05) is 13.2 Å². The number of aromatic nitrogens is 3. The lowest BCUT2D eigenvalue weighted by Gasteiger charge is -2.11. The van der Waals surface area contributed by atoms with Crippen molar-refractivity contribution in [1.29, 1.82) is 0 Å². The number of aliphatic hydroxyl groups excluding tert-OH is 1. The number of aliphatic hydroxyl groups is 1. The first-order valence-electron chi connectivity index (χ1n) is 7.12. The Hall–Kier alpha value is -1.92. The van der Waals surface area contributed by atoms with E-state index in [0.717, 1.165) is 12.8 Å². The van der Waals surface area contributed by atoms with Gasteiger partial charge in [0, 0.05) is 17.0 Å². The number of nitrogens with zero attached hydrogens (tertiary/aromatic N) is 3. The number of hydrogen-bond acceptors (Lipinski definition) is 4. The molecule has 1 aromatic heterocycles. The molecule has 1 fully saturated rings. The number of carbonyl (C=O) groups is 1. The SMILES string of the molecule is Cc1nn(-c2cccc(Cl)c2)nc1C(=O)NCC1(CO)CC1. The molecule has 1 aliphatic rings. The van der Waals surface area contributed by atoms with Crippen molar-refractivity contribution in [2.45, 2.75) is 19.8 Å². The van der Waals surface area contributed by atoms with E-state index in [1.807, 2.05) is 6.07 Å². The summed E-state index contributed by atoms with van der Waals surface area (Å²) in [6, 6.07) is 7.11. The van der Waals surface area contributed by atoms with Crippen LogP contribution in [0.1, 0.15) is 29.0 Å². The van der Waals surface area contributed by atoms with Crippen LogP contribution in [0.4, 0.5) is 0 Å². The molecule has 1 aromatic carbocycles. The zero-order valence-electron chi connectivity index (χ0n) is 12.2. The van der Waals surface area contributed by atoms with Gasteiger partial charge in [0.25, 0.3) is 5.91 Å². The van der Waals surface area contributed by atoms with Crippen molar-refractivity contribution in [3.63, 3.8) is 0 Å². The molecule has 22 heavy (non-hydrogen) atoms. The minimum Gasteiger partial charge on any atom is -0.396 e. The molecule has 1 aliphatic carbocycles. The Morgan fingerprint density at radius 1 is 1.45 bits per heavy atom. The zero-order chi connectivity index (χ0) is 15.7. The third-order valence-electron chi connectivity index (χ3n) is 3.95. The summed E-state index contributed by atoms with van der Waals surface area (Å²) in [7, 11) is 0. The largest absolute Gasteiger partial charge is 0.396 e. The van der Waals surface area contributed by atoms with Crippen molar-refractivity contribution in [1.82, 2.24) is 20.3 Å². The Labute approximate surface area is 133 Å². The highest BCUT2D eigenvalue weighted by atomic mass is 35.5. The number of carbonyl (C=O) groups excluding carboxylic acids is 1. The van der Waals surface area contributed by atoms with E-state index in [2.05, 4.69) is 15.5 Å². The fourth-order valence-corrected chi connectivity index (χ4v) is 2.41. The average molecular weight is 321 g/mol. The Balaban J connectivity index is 1.76. The van der Waals surface area contributed by atoms with E-state index in [0.29, 0.717) is 22.9 Å². The molecule has 6 nitrogen and oxygen atoms in total. The van der Waals surface area contributed by atoms with Crippen LogP contribution in [0.25, 0.3) is 5.69 Å². The van der Waals surface area contributed by atoms with Crippen LogP contribution in [0.2, 0.25) is 5.02 Å². The average Bonchev–Trinajstić information content (AvgIpc) is 3.19. The molecule has 1 amide bonds. The van der Waals surface area contributed by atoms with Gasteiger partial charge in [0.2, 0.25) is 0 Å². The second kappa shape index (κ2) is 5.70. The Morgan fingerprint density at radius 3 is 2.86 bits per heavy atom. The molecule has 0 bridgehead atoms. The van der Waals surface area contributed by atoms with Crippen LogP contribution in [0.15, 0.2) is 24.3 Å². The van der Waals surface area contributed by atoms with E-state index in [4.69, 9.17) is 11.6 Å². The Bertz CT molecular complexity index is 709.